The van der Waals surface area contributed by atoms with E-state index in [1.165, 1.54) is 22.8 Å². The second-order valence-corrected chi connectivity index (χ2v) is 17.0. The third kappa shape index (κ3) is 4.43. The fraction of sp³-hybridized carbons (Fsp3) is 0.522. The molecule has 0 heterocycles. The number of esters is 1. The van der Waals surface area contributed by atoms with Gasteiger partial charge >= 0.3 is 5.97 Å². The van der Waals surface area contributed by atoms with Crippen molar-refractivity contribution in [2.45, 2.75) is 75.9 Å². The number of carbonyl (C=O) groups is 1. The average Bonchev–Trinajstić information content (AvgIpc) is 2.63. The lowest BCUT2D eigenvalue weighted by Crippen LogP contribution is -2.40. The maximum atomic E-state index is 11.8. The summed E-state index contributed by atoms with van der Waals surface area (Å²) in [4.78, 5) is 13.2. The van der Waals surface area contributed by atoms with Crippen LogP contribution in [-0.4, -0.2) is 20.3 Å². The molecule has 2 aromatic rings. The average molecular weight is 403 g/mol. The summed E-state index contributed by atoms with van der Waals surface area (Å²) in [5, 5.41) is 2.42. The molecule has 0 aliphatic carbocycles. The van der Waals surface area contributed by atoms with E-state index in [9.17, 15) is 4.79 Å². The zero-order valence-corrected chi connectivity index (χ0v) is 19.8. The van der Waals surface area contributed by atoms with E-state index in [1.807, 2.05) is 6.92 Å². The second-order valence-electron chi connectivity index (χ2n) is 8.43. The highest BCUT2D eigenvalue weighted by Gasteiger charge is 2.44. The third-order valence-electron chi connectivity index (χ3n) is 5.89. The molecule has 2 rings (SSSR count). The van der Waals surface area contributed by atoms with E-state index in [-0.39, 0.29) is 11.9 Å². The van der Waals surface area contributed by atoms with Crippen molar-refractivity contribution in [2.75, 3.05) is 7.11 Å². The van der Waals surface area contributed by atoms with Crippen LogP contribution < -0.4 is 0 Å². The molecule has 0 amide bonds. The largest absolute Gasteiger partial charge is 0.469 e. The molecule has 0 radical (unpaired) electrons. The molecule has 1 unspecified atom stereocenters. The first kappa shape index (κ1) is 22.0. The van der Waals surface area contributed by atoms with Crippen molar-refractivity contribution >= 4 is 35.2 Å². The van der Waals surface area contributed by atoms with E-state index in [4.69, 9.17) is 4.74 Å². The Morgan fingerprint density at radius 3 is 1.89 bits per heavy atom. The fourth-order valence-corrected chi connectivity index (χ4v) is 13.6. The van der Waals surface area contributed by atoms with Gasteiger partial charge in [-0.15, -0.1) is 0 Å². The third-order valence-corrected chi connectivity index (χ3v) is 18.2. The summed E-state index contributed by atoms with van der Waals surface area (Å²) in [6.07, 6.45) is 0. The summed E-state index contributed by atoms with van der Waals surface area (Å²) < 4.78 is 4.88. The molecule has 4 heteroatoms. The molecule has 0 bridgehead atoms. The number of ether oxygens (including phenoxy) is 1. The summed E-state index contributed by atoms with van der Waals surface area (Å²) >= 11 is 2.16. The van der Waals surface area contributed by atoms with Crippen LogP contribution in [0.4, 0.5) is 0 Å². The summed E-state index contributed by atoms with van der Waals surface area (Å²) in [6, 6.07) is 13.1. The Balaban J connectivity index is 2.40. The van der Waals surface area contributed by atoms with Gasteiger partial charge in [0.15, 0.2) is 0 Å². The Morgan fingerprint density at radius 1 is 0.852 bits per heavy atom. The van der Waals surface area contributed by atoms with Gasteiger partial charge in [-0.3, -0.25) is 4.79 Å². The molecule has 2 aromatic carbocycles. The highest BCUT2D eigenvalue weighted by Crippen LogP contribution is 2.52. The second kappa shape index (κ2) is 8.83. The van der Waals surface area contributed by atoms with Gasteiger partial charge in [-0.2, -0.15) is 11.2 Å². The standard InChI is InChI=1S/C23H34O2SSi/c1-15(2)27(16(3)4,17(5)6)26-22-12-11-20-13-19(9-10-21(20)14-22)18(7)23(24)25-8/h9-18H,1-8H3. The minimum atomic E-state index is -1.55. The normalized spacial score (nSPS) is 13.6. The van der Waals surface area contributed by atoms with E-state index >= 15 is 0 Å². The zero-order valence-electron chi connectivity index (χ0n) is 18.0. The predicted octanol–water partition coefficient (Wildman–Crippen LogP) is 7.38. The number of rotatable bonds is 7. The summed E-state index contributed by atoms with van der Waals surface area (Å²) in [5.41, 5.74) is 3.18. The first-order chi connectivity index (χ1) is 12.6. The van der Waals surface area contributed by atoms with E-state index in [0.717, 1.165) is 22.2 Å². The maximum absolute atomic E-state index is 11.8. The SMILES string of the molecule is COC(=O)C(C)c1ccc2cc(S[Si](C(C)C)(C(C)C)C(C)C)ccc2c1. The molecule has 2 nitrogen and oxygen atoms in total. The molecule has 0 aliphatic rings. The minimum Gasteiger partial charge on any atom is -0.469 e. The van der Waals surface area contributed by atoms with Crippen molar-refractivity contribution in [3.05, 3.63) is 42.0 Å². The van der Waals surface area contributed by atoms with E-state index in [1.54, 1.807) is 0 Å². The molecule has 0 aromatic heterocycles. The fourth-order valence-electron chi connectivity index (χ4n) is 4.45. The lowest BCUT2D eigenvalue weighted by atomic mass is 9.98. The van der Waals surface area contributed by atoms with Gasteiger partial charge in [0, 0.05) is 4.90 Å². The predicted molar refractivity (Wildman–Crippen MR) is 121 cm³/mol. The monoisotopic (exact) mass is 402 g/mol. The van der Waals surface area contributed by atoms with Crippen LogP contribution >= 0.6 is 11.2 Å². The van der Waals surface area contributed by atoms with Crippen LogP contribution in [-0.2, 0) is 9.53 Å². The van der Waals surface area contributed by atoms with Crippen LogP contribution in [0.3, 0.4) is 0 Å². The summed E-state index contributed by atoms with van der Waals surface area (Å²) in [6.45, 7) is 16.3. The molecule has 1 atom stereocenters. The van der Waals surface area contributed by atoms with Gasteiger partial charge < -0.3 is 4.74 Å². The van der Waals surface area contributed by atoms with E-state index in [2.05, 4.69) is 89.2 Å². The van der Waals surface area contributed by atoms with Crippen LogP contribution in [0.5, 0.6) is 0 Å². The van der Waals surface area contributed by atoms with Gasteiger partial charge in [-0.05, 0) is 52.0 Å². The van der Waals surface area contributed by atoms with Crippen molar-refractivity contribution in [1.82, 2.24) is 0 Å². The summed E-state index contributed by atoms with van der Waals surface area (Å²) in [7, 11) is -0.107. The van der Waals surface area contributed by atoms with Crippen molar-refractivity contribution in [1.29, 1.82) is 0 Å². The maximum Gasteiger partial charge on any atom is 0.312 e. The van der Waals surface area contributed by atoms with Gasteiger partial charge in [0.05, 0.1) is 13.0 Å². The molecule has 0 saturated heterocycles. The van der Waals surface area contributed by atoms with E-state index < -0.39 is 7.22 Å². The van der Waals surface area contributed by atoms with Crippen LogP contribution in [0.25, 0.3) is 10.8 Å². The topological polar surface area (TPSA) is 26.3 Å². The molecule has 148 valence electrons. The zero-order chi connectivity index (χ0) is 20.4. The number of hydrogen-bond donors (Lipinski definition) is 0. The molecule has 27 heavy (non-hydrogen) atoms. The molecule has 0 spiro atoms. The van der Waals surface area contributed by atoms with Gasteiger partial charge in [0.2, 0.25) is 0 Å². The van der Waals surface area contributed by atoms with E-state index in [0.29, 0.717) is 0 Å². The Hall–Kier alpha value is -1.26. The van der Waals surface area contributed by atoms with Crippen molar-refractivity contribution < 1.29 is 9.53 Å². The molecular weight excluding hydrogens is 368 g/mol. The molecule has 0 N–H and O–H groups in total. The van der Waals surface area contributed by atoms with Crippen LogP contribution in [0.2, 0.25) is 16.6 Å². The number of benzene rings is 2. The highest BCUT2D eigenvalue weighted by atomic mass is 32.4. The highest BCUT2D eigenvalue weighted by molar-refractivity contribution is 8.29. The molecular formula is C23H34O2SSi. The lowest BCUT2D eigenvalue weighted by molar-refractivity contribution is -0.141. The van der Waals surface area contributed by atoms with Crippen LogP contribution in [0.1, 0.15) is 59.9 Å². The number of methoxy groups -OCH3 is 1. The Bertz CT molecular complexity index is 776. The lowest BCUT2D eigenvalue weighted by Gasteiger charge is -2.42. The van der Waals surface area contributed by atoms with Crippen LogP contribution in [0.15, 0.2) is 41.3 Å². The van der Waals surface area contributed by atoms with Crippen molar-refractivity contribution in [2.24, 2.45) is 0 Å². The van der Waals surface area contributed by atoms with Gasteiger partial charge in [-0.25, -0.2) is 0 Å². The Labute approximate surface area is 169 Å². The number of carbonyl (C=O) groups excluding carboxylic acids is 1. The quantitative estimate of drug-likeness (QED) is 0.357. The molecule has 0 aliphatic heterocycles. The number of hydrogen-bond acceptors (Lipinski definition) is 3. The van der Waals surface area contributed by atoms with Gasteiger partial charge in [-0.1, -0.05) is 65.8 Å². The van der Waals surface area contributed by atoms with Crippen LogP contribution in [0, 0.1) is 0 Å². The number of fused-ring (bicyclic) bond motifs is 1. The molecule has 0 saturated carbocycles. The van der Waals surface area contributed by atoms with Gasteiger partial charge in [0.25, 0.3) is 0 Å². The molecule has 0 fully saturated rings. The summed E-state index contributed by atoms with van der Waals surface area (Å²) in [5.74, 6) is -0.431. The Kier molecular flexibility index (Phi) is 7.20. The smallest absolute Gasteiger partial charge is 0.312 e. The van der Waals surface area contributed by atoms with Gasteiger partial charge in [0.1, 0.15) is 7.22 Å². The first-order valence-electron chi connectivity index (χ1n) is 9.94. The van der Waals surface area contributed by atoms with Crippen molar-refractivity contribution in [3.8, 4) is 0 Å². The Morgan fingerprint density at radius 2 is 1.37 bits per heavy atom. The van der Waals surface area contributed by atoms with Crippen molar-refractivity contribution in [3.63, 3.8) is 0 Å². The first-order valence-corrected chi connectivity index (χ1v) is 13.7. The minimum absolute atomic E-state index is 0.192.